The standard InChI is InChI=1S/C12H27BrOSi/c1-8-12(13)14-15(9(2)3,10(4)5)11(6)7/h9-12H,8H2,1-7H3. The summed E-state index contributed by atoms with van der Waals surface area (Å²) in [4.78, 5) is 0. The highest BCUT2D eigenvalue weighted by Gasteiger charge is 2.46. The molecule has 3 heteroatoms. The maximum Gasteiger partial charge on any atom is 0.201 e. The molecule has 0 radical (unpaired) electrons. The predicted molar refractivity (Wildman–Crippen MR) is 75.1 cm³/mol. The number of hydrogen-bond donors (Lipinski definition) is 0. The molecule has 0 amide bonds. The minimum absolute atomic E-state index is 0.233. The van der Waals surface area contributed by atoms with Crippen LogP contribution < -0.4 is 0 Å². The second kappa shape index (κ2) is 6.41. The lowest BCUT2D eigenvalue weighted by molar-refractivity contribution is 0.253. The molecule has 0 aromatic carbocycles. The van der Waals surface area contributed by atoms with Gasteiger partial charge < -0.3 is 4.43 Å². The first-order valence-electron chi connectivity index (χ1n) is 6.10. The van der Waals surface area contributed by atoms with E-state index in [1.54, 1.807) is 0 Å². The first-order chi connectivity index (χ1) is 6.78. The van der Waals surface area contributed by atoms with Gasteiger partial charge in [0, 0.05) is 0 Å². The summed E-state index contributed by atoms with van der Waals surface area (Å²) in [6.07, 6.45) is 1.04. The maximum absolute atomic E-state index is 6.43. The summed E-state index contributed by atoms with van der Waals surface area (Å²) in [6.45, 7) is 16.1. The second-order valence-electron chi connectivity index (χ2n) is 5.25. The topological polar surface area (TPSA) is 9.23 Å². The van der Waals surface area contributed by atoms with E-state index in [0.717, 1.165) is 6.42 Å². The van der Waals surface area contributed by atoms with E-state index in [0.29, 0.717) is 16.6 Å². The third-order valence-corrected chi connectivity index (χ3v) is 10.6. The molecule has 1 unspecified atom stereocenters. The van der Waals surface area contributed by atoms with Gasteiger partial charge in [-0.2, -0.15) is 0 Å². The van der Waals surface area contributed by atoms with Gasteiger partial charge >= 0.3 is 0 Å². The molecular formula is C12H27BrOSi. The maximum atomic E-state index is 6.43. The average molecular weight is 295 g/mol. The van der Waals surface area contributed by atoms with Crippen molar-refractivity contribution in [1.29, 1.82) is 0 Å². The van der Waals surface area contributed by atoms with Crippen LogP contribution in [0.15, 0.2) is 0 Å². The van der Waals surface area contributed by atoms with Crippen LogP contribution in [-0.2, 0) is 4.43 Å². The number of rotatable bonds is 6. The molecule has 0 spiro atoms. The Labute approximate surface area is 105 Å². The molecule has 0 bridgehead atoms. The number of alkyl halides is 1. The van der Waals surface area contributed by atoms with Crippen LogP contribution in [-0.4, -0.2) is 13.3 Å². The Kier molecular flexibility index (Phi) is 6.69. The molecule has 0 aliphatic rings. The summed E-state index contributed by atoms with van der Waals surface area (Å²) in [7, 11) is -1.66. The van der Waals surface area contributed by atoms with Gasteiger partial charge in [-0.1, -0.05) is 64.4 Å². The molecule has 1 nitrogen and oxygen atoms in total. The molecule has 0 saturated carbocycles. The third-order valence-electron chi connectivity index (χ3n) is 3.36. The molecule has 0 aliphatic carbocycles. The lowest BCUT2D eigenvalue weighted by Crippen LogP contribution is -2.49. The Balaban J connectivity index is 4.96. The zero-order chi connectivity index (χ0) is 12.2. The van der Waals surface area contributed by atoms with Crippen LogP contribution in [0.3, 0.4) is 0 Å². The van der Waals surface area contributed by atoms with E-state index in [9.17, 15) is 0 Å². The lowest BCUT2D eigenvalue weighted by Gasteiger charge is -2.43. The van der Waals surface area contributed by atoms with E-state index in [-0.39, 0.29) is 5.01 Å². The van der Waals surface area contributed by atoms with Crippen molar-refractivity contribution in [2.75, 3.05) is 0 Å². The van der Waals surface area contributed by atoms with Gasteiger partial charge in [-0.15, -0.1) is 0 Å². The summed E-state index contributed by atoms with van der Waals surface area (Å²) in [5, 5.41) is 0.233. The van der Waals surface area contributed by atoms with Crippen molar-refractivity contribution in [3.8, 4) is 0 Å². The van der Waals surface area contributed by atoms with Crippen LogP contribution in [0.5, 0.6) is 0 Å². The number of hydrogen-bond acceptors (Lipinski definition) is 1. The van der Waals surface area contributed by atoms with Gasteiger partial charge in [0.1, 0.15) is 5.01 Å². The van der Waals surface area contributed by atoms with Crippen LogP contribution in [0.4, 0.5) is 0 Å². The Morgan fingerprint density at radius 3 is 1.47 bits per heavy atom. The van der Waals surface area contributed by atoms with Gasteiger partial charge in [0.25, 0.3) is 0 Å². The van der Waals surface area contributed by atoms with Crippen LogP contribution in [0.2, 0.25) is 16.6 Å². The van der Waals surface area contributed by atoms with Gasteiger partial charge in [0.2, 0.25) is 8.32 Å². The summed E-state index contributed by atoms with van der Waals surface area (Å²) in [6, 6.07) is 0. The zero-order valence-electron chi connectivity index (χ0n) is 11.3. The Morgan fingerprint density at radius 1 is 0.933 bits per heavy atom. The zero-order valence-corrected chi connectivity index (χ0v) is 13.9. The Bertz CT molecular complexity index is 159. The highest BCUT2D eigenvalue weighted by atomic mass is 79.9. The van der Waals surface area contributed by atoms with Gasteiger partial charge in [-0.3, -0.25) is 0 Å². The Hall–Kier alpha value is 0.657. The molecule has 0 aromatic heterocycles. The Morgan fingerprint density at radius 2 is 1.27 bits per heavy atom. The van der Waals surface area contributed by atoms with Crippen molar-refractivity contribution in [2.45, 2.75) is 76.5 Å². The van der Waals surface area contributed by atoms with Gasteiger partial charge in [0.05, 0.1) is 0 Å². The summed E-state index contributed by atoms with van der Waals surface area (Å²) >= 11 is 3.63. The van der Waals surface area contributed by atoms with E-state index in [1.165, 1.54) is 0 Å². The molecule has 0 heterocycles. The molecule has 1 atom stereocenters. The molecule has 0 fully saturated rings. The van der Waals surface area contributed by atoms with Crippen molar-refractivity contribution >= 4 is 24.2 Å². The molecule has 0 rings (SSSR count). The van der Waals surface area contributed by atoms with Crippen LogP contribution in [0.1, 0.15) is 54.9 Å². The average Bonchev–Trinajstić information content (AvgIpc) is 2.11. The summed E-state index contributed by atoms with van der Waals surface area (Å²) in [5.74, 6) is 0. The molecular weight excluding hydrogens is 268 g/mol. The van der Waals surface area contributed by atoms with E-state index in [2.05, 4.69) is 64.4 Å². The van der Waals surface area contributed by atoms with Gasteiger partial charge in [-0.25, -0.2) is 0 Å². The molecule has 92 valence electrons. The van der Waals surface area contributed by atoms with Crippen molar-refractivity contribution in [1.82, 2.24) is 0 Å². The third kappa shape index (κ3) is 3.57. The molecule has 0 aromatic rings. The predicted octanol–water partition coefficient (Wildman–Crippen LogP) is 5.31. The van der Waals surface area contributed by atoms with E-state index >= 15 is 0 Å². The fourth-order valence-electron chi connectivity index (χ4n) is 2.71. The van der Waals surface area contributed by atoms with Crippen molar-refractivity contribution < 1.29 is 4.43 Å². The molecule has 15 heavy (non-hydrogen) atoms. The minimum Gasteiger partial charge on any atom is -0.404 e. The molecule has 0 saturated heterocycles. The minimum atomic E-state index is -1.66. The van der Waals surface area contributed by atoms with Crippen molar-refractivity contribution in [3.05, 3.63) is 0 Å². The van der Waals surface area contributed by atoms with Crippen LogP contribution >= 0.6 is 15.9 Å². The van der Waals surface area contributed by atoms with Crippen molar-refractivity contribution in [2.24, 2.45) is 0 Å². The fourth-order valence-corrected chi connectivity index (χ4v) is 9.11. The van der Waals surface area contributed by atoms with E-state index < -0.39 is 8.32 Å². The summed E-state index contributed by atoms with van der Waals surface area (Å²) in [5.41, 5.74) is 2.01. The van der Waals surface area contributed by atoms with Crippen LogP contribution in [0, 0.1) is 0 Å². The van der Waals surface area contributed by atoms with E-state index in [1.807, 2.05) is 0 Å². The largest absolute Gasteiger partial charge is 0.404 e. The van der Waals surface area contributed by atoms with Gasteiger partial charge in [0.15, 0.2) is 0 Å². The first-order valence-corrected chi connectivity index (χ1v) is 9.16. The van der Waals surface area contributed by atoms with Crippen molar-refractivity contribution in [3.63, 3.8) is 0 Å². The molecule has 0 N–H and O–H groups in total. The quantitative estimate of drug-likeness (QED) is 0.476. The monoisotopic (exact) mass is 294 g/mol. The fraction of sp³-hybridized carbons (Fsp3) is 1.00. The van der Waals surface area contributed by atoms with Crippen LogP contribution in [0.25, 0.3) is 0 Å². The SMILES string of the molecule is CCC(Br)O[Si](C(C)C)(C(C)C)C(C)C. The van der Waals surface area contributed by atoms with E-state index in [4.69, 9.17) is 4.43 Å². The number of halogens is 1. The smallest absolute Gasteiger partial charge is 0.201 e. The molecule has 0 aliphatic heterocycles. The lowest BCUT2D eigenvalue weighted by atomic mass is 10.5. The highest BCUT2D eigenvalue weighted by Crippen LogP contribution is 2.43. The highest BCUT2D eigenvalue weighted by molar-refractivity contribution is 9.09. The summed E-state index contributed by atoms with van der Waals surface area (Å²) < 4.78 is 6.43. The second-order valence-corrected chi connectivity index (χ2v) is 11.7. The van der Waals surface area contributed by atoms with Gasteiger partial charge in [-0.05, 0) is 23.0 Å². The first kappa shape index (κ1) is 15.7. The normalized spacial score (nSPS) is 15.4.